The molecule has 0 saturated carbocycles. The van der Waals surface area contributed by atoms with Gasteiger partial charge < -0.3 is 14.6 Å². The van der Waals surface area contributed by atoms with Crippen molar-refractivity contribution in [1.29, 1.82) is 0 Å². The second kappa shape index (κ2) is 8.66. The molecular weight excluding hydrogens is 263 g/mol. The van der Waals surface area contributed by atoms with E-state index in [9.17, 15) is 14.3 Å². The Labute approximate surface area is 118 Å². The van der Waals surface area contributed by atoms with Crippen LogP contribution in [-0.4, -0.2) is 36.8 Å². The quantitative estimate of drug-likeness (QED) is 0.559. The first-order chi connectivity index (χ1) is 9.54. The Morgan fingerprint density at radius 1 is 1.40 bits per heavy atom. The van der Waals surface area contributed by atoms with Gasteiger partial charge in [-0.1, -0.05) is 13.3 Å². The van der Waals surface area contributed by atoms with Crippen LogP contribution in [0.25, 0.3) is 0 Å². The maximum Gasteiger partial charge on any atom is 0.163 e. The molecule has 1 N–H and O–H groups in total. The van der Waals surface area contributed by atoms with Crippen molar-refractivity contribution in [2.45, 2.75) is 32.8 Å². The second-order valence-electron chi connectivity index (χ2n) is 4.59. The van der Waals surface area contributed by atoms with Crippen LogP contribution in [-0.2, 0) is 4.74 Å². The van der Waals surface area contributed by atoms with Crippen molar-refractivity contribution in [2.75, 3.05) is 19.8 Å². The first-order valence-corrected chi connectivity index (χ1v) is 6.73. The molecule has 20 heavy (non-hydrogen) atoms. The molecule has 1 unspecified atom stereocenters. The molecule has 0 aliphatic heterocycles. The lowest BCUT2D eigenvalue weighted by Gasteiger charge is -2.14. The number of ether oxygens (including phenoxy) is 2. The summed E-state index contributed by atoms with van der Waals surface area (Å²) in [5.74, 6) is -0.509. The number of benzene rings is 1. The molecule has 1 atom stereocenters. The van der Waals surface area contributed by atoms with Crippen molar-refractivity contribution in [3.8, 4) is 5.75 Å². The highest BCUT2D eigenvalue weighted by Crippen LogP contribution is 2.20. The zero-order chi connectivity index (χ0) is 15.0. The van der Waals surface area contributed by atoms with Crippen LogP contribution in [0.4, 0.5) is 4.39 Å². The molecule has 0 heterocycles. The third-order valence-corrected chi connectivity index (χ3v) is 2.70. The minimum absolute atomic E-state index is 0.00195. The molecule has 0 saturated heterocycles. The fraction of sp³-hybridized carbons (Fsp3) is 0.533. The highest BCUT2D eigenvalue weighted by atomic mass is 19.1. The third kappa shape index (κ3) is 5.67. The van der Waals surface area contributed by atoms with E-state index in [1.165, 1.54) is 19.1 Å². The van der Waals surface area contributed by atoms with E-state index in [-0.39, 0.29) is 30.3 Å². The van der Waals surface area contributed by atoms with E-state index >= 15 is 0 Å². The molecule has 0 aliphatic carbocycles. The lowest BCUT2D eigenvalue weighted by molar-refractivity contribution is 0.0111. The lowest BCUT2D eigenvalue weighted by atomic mass is 10.1. The molecule has 112 valence electrons. The topological polar surface area (TPSA) is 55.8 Å². The predicted octanol–water partition coefficient (Wildman–Crippen LogP) is 2.58. The van der Waals surface area contributed by atoms with Gasteiger partial charge in [-0.05, 0) is 31.5 Å². The molecular formula is C15H21FO4. The fourth-order valence-electron chi connectivity index (χ4n) is 1.60. The van der Waals surface area contributed by atoms with Gasteiger partial charge in [-0.2, -0.15) is 0 Å². The summed E-state index contributed by atoms with van der Waals surface area (Å²) in [6, 6.07) is 3.73. The smallest absolute Gasteiger partial charge is 0.163 e. The van der Waals surface area contributed by atoms with Crippen molar-refractivity contribution < 1.29 is 23.8 Å². The van der Waals surface area contributed by atoms with Gasteiger partial charge in [0.15, 0.2) is 5.78 Å². The van der Waals surface area contributed by atoms with Gasteiger partial charge in [0.1, 0.15) is 24.3 Å². The van der Waals surface area contributed by atoms with Crippen molar-refractivity contribution in [3.05, 3.63) is 29.6 Å². The number of ketones is 1. The first-order valence-electron chi connectivity index (χ1n) is 6.73. The Bertz CT molecular complexity index is 434. The molecule has 0 bridgehead atoms. The van der Waals surface area contributed by atoms with Crippen molar-refractivity contribution in [3.63, 3.8) is 0 Å². The highest BCUT2D eigenvalue weighted by Gasteiger charge is 2.12. The second-order valence-corrected chi connectivity index (χ2v) is 4.59. The SMILES string of the molecule is CCCCOCC(O)COc1ccc(F)cc1C(C)=O. The molecule has 1 aromatic carbocycles. The fourth-order valence-corrected chi connectivity index (χ4v) is 1.60. The van der Waals surface area contributed by atoms with Gasteiger partial charge in [-0.15, -0.1) is 0 Å². The van der Waals surface area contributed by atoms with Crippen molar-refractivity contribution >= 4 is 5.78 Å². The van der Waals surface area contributed by atoms with Gasteiger partial charge in [-0.3, -0.25) is 4.79 Å². The molecule has 0 fully saturated rings. The van der Waals surface area contributed by atoms with E-state index in [2.05, 4.69) is 6.92 Å². The van der Waals surface area contributed by atoms with Crippen LogP contribution in [0.5, 0.6) is 5.75 Å². The number of hydrogen-bond acceptors (Lipinski definition) is 4. The molecule has 0 aromatic heterocycles. The number of unbranched alkanes of at least 4 members (excludes halogenated alkanes) is 1. The van der Waals surface area contributed by atoms with Gasteiger partial charge in [0.05, 0.1) is 12.2 Å². The third-order valence-electron chi connectivity index (χ3n) is 2.70. The minimum atomic E-state index is -0.781. The van der Waals surface area contributed by atoms with E-state index in [0.717, 1.165) is 18.9 Å². The maximum absolute atomic E-state index is 13.1. The molecule has 4 nitrogen and oxygen atoms in total. The standard InChI is InChI=1S/C15H21FO4/c1-3-4-7-19-9-13(18)10-20-15-6-5-12(16)8-14(15)11(2)17/h5-6,8,13,18H,3-4,7,9-10H2,1-2H3. The van der Waals surface area contributed by atoms with Crippen molar-refractivity contribution in [2.24, 2.45) is 0 Å². The van der Waals surface area contributed by atoms with Crippen LogP contribution >= 0.6 is 0 Å². The molecule has 0 amide bonds. The summed E-state index contributed by atoms with van der Waals surface area (Å²) in [6.45, 7) is 4.17. The van der Waals surface area contributed by atoms with E-state index in [4.69, 9.17) is 9.47 Å². The number of hydrogen-bond donors (Lipinski definition) is 1. The number of halogens is 1. The number of Topliss-reactive ketones (excluding diaryl/α,β-unsaturated/α-hetero) is 1. The molecule has 0 aliphatic rings. The summed E-state index contributed by atoms with van der Waals surface area (Å²) in [7, 11) is 0. The van der Waals surface area contributed by atoms with Gasteiger partial charge in [0.2, 0.25) is 0 Å². The molecule has 0 radical (unpaired) electrons. The monoisotopic (exact) mass is 284 g/mol. The van der Waals surface area contributed by atoms with Crippen LogP contribution in [0.1, 0.15) is 37.0 Å². The summed E-state index contributed by atoms with van der Waals surface area (Å²) in [4.78, 5) is 11.4. The Morgan fingerprint density at radius 3 is 2.80 bits per heavy atom. The number of carbonyl (C=O) groups excluding carboxylic acids is 1. The Morgan fingerprint density at radius 2 is 2.15 bits per heavy atom. The van der Waals surface area contributed by atoms with E-state index in [1.54, 1.807) is 0 Å². The Hall–Kier alpha value is -1.46. The first kappa shape index (κ1) is 16.6. The van der Waals surface area contributed by atoms with E-state index in [1.807, 2.05) is 0 Å². The summed E-state index contributed by atoms with van der Waals surface area (Å²) in [5.41, 5.74) is 0.170. The van der Waals surface area contributed by atoms with Crippen LogP contribution < -0.4 is 4.74 Å². The van der Waals surface area contributed by atoms with Gasteiger partial charge in [-0.25, -0.2) is 4.39 Å². The molecule has 0 spiro atoms. The normalized spacial score (nSPS) is 12.2. The largest absolute Gasteiger partial charge is 0.490 e. The maximum atomic E-state index is 13.1. The average Bonchev–Trinajstić information content (AvgIpc) is 2.42. The van der Waals surface area contributed by atoms with Crippen LogP contribution in [0, 0.1) is 5.82 Å². The van der Waals surface area contributed by atoms with Crippen LogP contribution in [0.15, 0.2) is 18.2 Å². The molecule has 1 aromatic rings. The predicted molar refractivity (Wildman–Crippen MR) is 73.6 cm³/mol. The van der Waals surface area contributed by atoms with E-state index < -0.39 is 11.9 Å². The molecule has 1 rings (SSSR count). The summed E-state index contributed by atoms with van der Waals surface area (Å²) >= 11 is 0. The lowest BCUT2D eigenvalue weighted by Crippen LogP contribution is -2.24. The summed E-state index contributed by atoms with van der Waals surface area (Å²) in [5, 5.41) is 9.68. The van der Waals surface area contributed by atoms with Gasteiger partial charge in [0.25, 0.3) is 0 Å². The number of aliphatic hydroxyl groups is 1. The summed E-state index contributed by atoms with van der Waals surface area (Å²) in [6.07, 6.45) is 1.20. The zero-order valence-electron chi connectivity index (χ0n) is 11.9. The Balaban J connectivity index is 2.46. The Kier molecular flexibility index (Phi) is 7.18. The van der Waals surface area contributed by atoms with Crippen LogP contribution in [0.3, 0.4) is 0 Å². The highest BCUT2D eigenvalue weighted by molar-refractivity contribution is 5.96. The van der Waals surface area contributed by atoms with Gasteiger partial charge in [0, 0.05) is 6.61 Å². The molecule has 5 heteroatoms. The number of rotatable bonds is 9. The van der Waals surface area contributed by atoms with Crippen molar-refractivity contribution in [1.82, 2.24) is 0 Å². The minimum Gasteiger partial charge on any atom is -0.490 e. The summed E-state index contributed by atoms with van der Waals surface area (Å²) < 4.78 is 23.7. The van der Waals surface area contributed by atoms with Gasteiger partial charge >= 0.3 is 0 Å². The number of carbonyl (C=O) groups is 1. The van der Waals surface area contributed by atoms with Crippen LogP contribution in [0.2, 0.25) is 0 Å². The number of aliphatic hydroxyl groups excluding tert-OH is 1. The average molecular weight is 284 g/mol. The zero-order valence-corrected chi connectivity index (χ0v) is 11.9. The van der Waals surface area contributed by atoms with E-state index in [0.29, 0.717) is 6.61 Å².